The Balaban J connectivity index is 1.76. The minimum atomic E-state index is -0.376. The van der Waals surface area contributed by atoms with Crippen LogP contribution in [0.15, 0.2) is 0 Å². The lowest BCUT2D eigenvalue weighted by Crippen LogP contribution is -2.47. The van der Waals surface area contributed by atoms with Crippen LogP contribution in [0.2, 0.25) is 0 Å². The summed E-state index contributed by atoms with van der Waals surface area (Å²) in [5.74, 6) is -0.00293. The molecule has 3 rings (SSSR count). The molecule has 0 aromatic rings. The number of rotatable bonds is 1. The van der Waals surface area contributed by atoms with Gasteiger partial charge in [0.1, 0.15) is 6.04 Å². The maximum atomic E-state index is 12.6. The predicted molar refractivity (Wildman–Crippen MR) is 70.9 cm³/mol. The summed E-state index contributed by atoms with van der Waals surface area (Å²) < 4.78 is 0. The highest BCUT2D eigenvalue weighted by Crippen LogP contribution is 2.52. The summed E-state index contributed by atoms with van der Waals surface area (Å²) >= 11 is 0. The SMILES string of the molecule is CC1(C)CC2CC(C)(CN2C(=O)C2CC(=O)NN2)C1. The van der Waals surface area contributed by atoms with E-state index in [1.807, 2.05) is 4.90 Å². The highest BCUT2D eigenvalue weighted by molar-refractivity contribution is 5.91. The van der Waals surface area contributed by atoms with Gasteiger partial charge < -0.3 is 4.90 Å². The van der Waals surface area contributed by atoms with Crippen molar-refractivity contribution in [1.82, 2.24) is 15.8 Å². The highest BCUT2D eigenvalue weighted by Gasteiger charge is 2.52. The van der Waals surface area contributed by atoms with Gasteiger partial charge in [-0.2, -0.15) is 0 Å². The molecule has 2 heterocycles. The monoisotopic (exact) mass is 265 g/mol. The third-order valence-electron chi connectivity index (χ3n) is 4.77. The number of hydrogen-bond donors (Lipinski definition) is 2. The first-order valence-electron chi connectivity index (χ1n) is 7.13. The van der Waals surface area contributed by atoms with Crippen LogP contribution in [0.5, 0.6) is 0 Å². The highest BCUT2D eigenvalue weighted by atomic mass is 16.2. The minimum Gasteiger partial charge on any atom is -0.338 e. The summed E-state index contributed by atoms with van der Waals surface area (Å²) in [4.78, 5) is 25.8. The van der Waals surface area contributed by atoms with Crippen LogP contribution >= 0.6 is 0 Å². The first-order chi connectivity index (χ1) is 8.78. The van der Waals surface area contributed by atoms with E-state index in [0.29, 0.717) is 11.5 Å². The van der Waals surface area contributed by atoms with E-state index in [1.165, 1.54) is 6.42 Å². The maximum Gasteiger partial charge on any atom is 0.242 e. The van der Waals surface area contributed by atoms with Crippen LogP contribution in [0.3, 0.4) is 0 Å². The lowest BCUT2D eigenvalue weighted by Gasteiger charge is -2.39. The molecule has 2 amide bonds. The molecule has 3 aliphatic rings. The number of nitrogens with one attached hydrogen (secondary N) is 2. The van der Waals surface area contributed by atoms with Crippen molar-refractivity contribution in [3.8, 4) is 0 Å². The molecule has 3 unspecified atom stereocenters. The Morgan fingerprint density at radius 3 is 2.68 bits per heavy atom. The Morgan fingerprint density at radius 1 is 1.32 bits per heavy atom. The standard InChI is InChI=1S/C14H23N3O2/c1-13(2)5-9-6-14(3,7-13)8-17(9)12(19)10-4-11(18)16-15-10/h9-10,15H,4-8H2,1-3H3,(H,16,18). The molecule has 5 nitrogen and oxygen atoms in total. The molecular weight excluding hydrogens is 242 g/mol. The molecule has 2 N–H and O–H groups in total. The van der Waals surface area contributed by atoms with E-state index in [-0.39, 0.29) is 29.7 Å². The minimum absolute atomic E-state index is 0.0878. The van der Waals surface area contributed by atoms with E-state index in [0.717, 1.165) is 19.4 Å². The first-order valence-corrected chi connectivity index (χ1v) is 7.13. The summed E-state index contributed by atoms with van der Waals surface area (Å²) in [6.07, 6.45) is 3.62. The van der Waals surface area contributed by atoms with Crippen molar-refractivity contribution in [3.05, 3.63) is 0 Å². The zero-order valence-corrected chi connectivity index (χ0v) is 12.0. The zero-order chi connectivity index (χ0) is 13.8. The van der Waals surface area contributed by atoms with Crippen LogP contribution in [0.1, 0.15) is 46.5 Å². The van der Waals surface area contributed by atoms with E-state index in [2.05, 4.69) is 31.6 Å². The average Bonchev–Trinajstić information content (AvgIpc) is 2.78. The molecule has 0 aromatic carbocycles. The van der Waals surface area contributed by atoms with Crippen LogP contribution in [-0.4, -0.2) is 35.3 Å². The van der Waals surface area contributed by atoms with Gasteiger partial charge in [-0.15, -0.1) is 0 Å². The van der Waals surface area contributed by atoms with E-state index in [1.54, 1.807) is 0 Å². The summed E-state index contributed by atoms with van der Waals surface area (Å²) in [7, 11) is 0. The maximum absolute atomic E-state index is 12.6. The van der Waals surface area contributed by atoms with Crippen molar-refractivity contribution in [2.45, 2.75) is 58.5 Å². The molecular formula is C14H23N3O2. The molecule has 1 saturated carbocycles. The summed E-state index contributed by atoms with van der Waals surface area (Å²) in [6.45, 7) is 7.72. The van der Waals surface area contributed by atoms with E-state index in [4.69, 9.17) is 0 Å². The quantitative estimate of drug-likeness (QED) is 0.737. The van der Waals surface area contributed by atoms with Crippen LogP contribution < -0.4 is 10.9 Å². The van der Waals surface area contributed by atoms with Crippen LogP contribution in [0, 0.1) is 10.8 Å². The van der Waals surface area contributed by atoms with Gasteiger partial charge in [0.05, 0.1) is 6.42 Å². The summed E-state index contributed by atoms with van der Waals surface area (Å²) in [5, 5.41) is 0. The van der Waals surface area contributed by atoms with E-state index >= 15 is 0 Å². The lowest BCUT2D eigenvalue weighted by molar-refractivity contribution is -0.134. The van der Waals surface area contributed by atoms with Gasteiger partial charge >= 0.3 is 0 Å². The van der Waals surface area contributed by atoms with E-state index in [9.17, 15) is 9.59 Å². The molecule has 3 fully saturated rings. The Labute approximate surface area is 114 Å². The van der Waals surface area contributed by atoms with Crippen LogP contribution in [0.4, 0.5) is 0 Å². The molecule has 3 atom stereocenters. The first kappa shape index (κ1) is 12.9. The number of hydrazine groups is 1. The fourth-order valence-electron chi connectivity index (χ4n) is 4.52. The molecule has 0 aromatic heterocycles. The molecule has 106 valence electrons. The van der Waals surface area contributed by atoms with Crippen molar-refractivity contribution in [1.29, 1.82) is 0 Å². The van der Waals surface area contributed by atoms with Gasteiger partial charge in [-0.05, 0) is 30.1 Å². The molecule has 0 radical (unpaired) electrons. The number of amides is 2. The second kappa shape index (κ2) is 3.95. The summed E-state index contributed by atoms with van der Waals surface area (Å²) in [5.41, 5.74) is 5.89. The van der Waals surface area contributed by atoms with Crippen molar-refractivity contribution in [2.75, 3.05) is 6.54 Å². The van der Waals surface area contributed by atoms with Crippen molar-refractivity contribution < 1.29 is 9.59 Å². The van der Waals surface area contributed by atoms with Crippen LogP contribution in [0.25, 0.3) is 0 Å². The average molecular weight is 265 g/mol. The number of hydrogen-bond acceptors (Lipinski definition) is 3. The second-order valence-corrected chi connectivity index (χ2v) is 7.63. The lowest BCUT2D eigenvalue weighted by atomic mass is 9.65. The molecule has 0 spiro atoms. The number of carbonyl (C=O) groups excluding carboxylic acids is 2. The largest absolute Gasteiger partial charge is 0.338 e. The fourth-order valence-corrected chi connectivity index (χ4v) is 4.52. The van der Waals surface area contributed by atoms with Crippen LogP contribution in [-0.2, 0) is 9.59 Å². The Morgan fingerprint density at radius 2 is 2.05 bits per heavy atom. The zero-order valence-electron chi connectivity index (χ0n) is 12.0. The predicted octanol–water partition coefficient (Wildman–Crippen LogP) is 0.807. The van der Waals surface area contributed by atoms with Gasteiger partial charge in [-0.25, -0.2) is 5.43 Å². The molecule has 2 bridgehead atoms. The van der Waals surface area contributed by atoms with Gasteiger partial charge in [0.2, 0.25) is 11.8 Å². The number of carbonyl (C=O) groups is 2. The van der Waals surface area contributed by atoms with Gasteiger partial charge in [0.15, 0.2) is 0 Å². The molecule has 5 heteroatoms. The molecule has 19 heavy (non-hydrogen) atoms. The van der Waals surface area contributed by atoms with Gasteiger partial charge in [0.25, 0.3) is 0 Å². The normalized spacial score (nSPS) is 40.4. The Kier molecular flexibility index (Phi) is 2.68. The Bertz CT molecular complexity index is 434. The van der Waals surface area contributed by atoms with Crippen molar-refractivity contribution in [3.63, 3.8) is 0 Å². The molecule has 2 saturated heterocycles. The molecule has 2 aliphatic heterocycles. The topological polar surface area (TPSA) is 61.4 Å². The third kappa shape index (κ3) is 2.24. The second-order valence-electron chi connectivity index (χ2n) is 7.63. The van der Waals surface area contributed by atoms with Crippen molar-refractivity contribution >= 4 is 11.8 Å². The molecule has 1 aliphatic carbocycles. The third-order valence-corrected chi connectivity index (χ3v) is 4.77. The smallest absolute Gasteiger partial charge is 0.242 e. The fraction of sp³-hybridized carbons (Fsp3) is 0.857. The number of nitrogens with zero attached hydrogens (tertiary/aromatic N) is 1. The number of likely N-dealkylation sites (tertiary alicyclic amines) is 1. The summed E-state index contributed by atoms with van der Waals surface area (Å²) in [6, 6.07) is -0.0303. The Hall–Kier alpha value is -1.10. The van der Waals surface area contributed by atoms with Crippen molar-refractivity contribution in [2.24, 2.45) is 10.8 Å². The van der Waals surface area contributed by atoms with Gasteiger partial charge in [0, 0.05) is 12.6 Å². The van der Waals surface area contributed by atoms with E-state index < -0.39 is 0 Å². The van der Waals surface area contributed by atoms with Gasteiger partial charge in [-0.1, -0.05) is 20.8 Å². The van der Waals surface area contributed by atoms with Gasteiger partial charge in [-0.3, -0.25) is 15.0 Å². The number of fused-ring (bicyclic) bond motifs is 2.